The van der Waals surface area contributed by atoms with Gasteiger partial charge in [0.05, 0.1) is 33.9 Å². The molecule has 0 bridgehead atoms. The Labute approximate surface area is 289 Å². The van der Waals surface area contributed by atoms with E-state index in [1.54, 1.807) is 25.1 Å². The van der Waals surface area contributed by atoms with Crippen molar-refractivity contribution in [3.63, 3.8) is 0 Å². The van der Waals surface area contributed by atoms with E-state index in [-0.39, 0.29) is 40.7 Å². The standard InChI is InChI=1S/C39H37ClFN3O5/c1-39-30(36(47)44(38(39)49)25-10-13-32(41)31(40)19-25)20-29-27(34(39)23-8-5-9-26(45)18-23)11-12-28-33(29)37(48)43(35(28)46)24-14-16-42(17-15-24)21-22-6-3-2-4-7-22/h2-11,13,18-19,24,28-30,33-34,45H,12,14-17,20-21H2,1H3. The molecule has 3 heterocycles. The van der Waals surface area contributed by atoms with Gasteiger partial charge in [-0.1, -0.05) is 65.7 Å². The number of carbonyl (C=O) groups excluding carboxylic acids is 4. The highest BCUT2D eigenvalue weighted by molar-refractivity contribution is 6.31. The molecule has 3 aliphatic heterocycles. The van der Waals surface area contributed by atoms with Crippen LogP contribution in [-0.2, 0) is 25.7 Å². The molecule has 6 atom stereocenters. The third-order valence-electron chi connectivity index (χ3n) is 11.8. The molecule has 2 aliphatic carbocycles. The first-order valence-corrected chi connectivity index (χ1v) is 17.4. The molecule has 1 saturated carbocycles. The lowest BCUT2D eigenvalue weighted by molar-refractivity contribution is -0.144. The summed E-state index contributed by atoms with van der Waals surface area (Å²) in [6.45, 7) is 4.15. The second-order valence-electron chi connectivity index (χ2n) is 14.4. The topological polar surface area (TPSA) is 98.2 Å². The van der Waals surface area contributed by atoms with Crippen LogP contribution in [0.5, 0.6) is 5.75 Å². The predicted molar refractivity (Wildman–Crippen MR) is 181 cm³/mol. The number of benzene rings is 3. The first kappa shape index (κ1) is 31.9. The van der Waals surface area contributed by atoms with Crippen LogP contribution < -0.4 is 4.90 Å². The summed E-state index contributed by atoms with van der Waals surface area (Å²) in [4.78, 5) is 62.3. The number of anilines is 1. The van der Waals surface area contributed by atoms with Gasteiger partial charge in [-0.05, 0) is 80.0 Å². The number of hydrogen-bond acceptors (Lipinski definition) is 6. The van der Waals surface area contributed by atoms with Crippen LogP contribution in [0.4, 0.5) is 10.1 Å². The number of phenols is 1. The van der Waals surface area contributed by atoms with Gasteiger partial charge < -0.3 is 5.11 Å². The molecule has 4 amide bonds. The minimum Gasteiger partial charge on any atom is -0.508 e. The molecular weight excluding hydrogens is 645 g/mol. The minimum absolute atomic E-state index is 0.0184. The monoisotopic (exact) mass is 681 g/mol. The Morgan fingerprint density at radius 1 is 0.898 bits per heavy atom. The number of allylic oxidation sites excluding steroid dienone is 2. The predicted octanol–water partition coefficient (Wildman–Crippen LogP) is 6.08. The molecule has 0 radical (unpaired) electrons. The maximum absolute atomic E-state index is 14.5. The molecule has 3 saturated heterocycles. The van der Waals surface area contributed by atoms with Crippen LogP contribution in [0.3, 0.4) is 0 Å². The van der Waals surface area contributed by atoms with E-state index in [0.29, 0.717) is 24.8 Å². The summed E-state index contributed by atoms with van der Waals surface area (Å²) in [5.41, 5.74) is 1.65. The summed E-state index contributed by atoms with van der Waals surface area (Å²) in [5.74, 6) is -4.96. The van der Waals surface area contributed by atoms with Gasteiger partial charge in [-0.2, -0.15) is 0 Å². The number of amides is 4. The summed E-state index contributed by atoms with van der Waals surface area (Å²) < 4.78 is 14.1. The average molecular weight is 682 g/mol. The Hall–Kier alpha value is -4.34. The minimum atomic E-state index is -1.27. The van der Waals surface area contributed by atoms with Crippen LogP contribution in [0.2, 0.25) is 5.02 Å². The third kappa shape index (κ3) is 4.96. The maximum Gasteiger partial charge on any atom is 0.241 e. The van der Waals surface area contributed by atoms with Crippen LogP contribution >= 0.6 is 11.6 Å². The van der Waals surface area contributed by atoms with Gasteiger partial charge in [-0.25, -0.2) is 9.29 Å². The van der Waals surface area contributed by atoms with Crippen molar-refractivity contribution in [2.75, 3.05) is 18.0 Å². The van der Waals surface area contributed by atoms with Gasteiger partial charge in [0.2, 0.25) is 23.6 Å². The van der Waals surface area contributed by atoms with Crippen molar-refractivity contribution in [3.8, 4) is 5.75 Å². The highest BCUT2D eigenvalue weighted by atomic mass is 35.5. The van der Waals surface area contributed by atoms with Crippen LogP contribution in [0.25, 0.3) is 0 Å². The van der Waals surface area contributed by atoms with Gasteiger partial charge >= 0.3 is 0 Å². The average Bonchev–Trinajstić information content (AvgIpc) is 3.46. The summed E-state index contributed by atoms with van der Waals surface area (Å²) in [5, 5.41) is 10.3. The molecule has 10 heteroatoms. The zero-order chi connectivity index (χ0) is 34.2. The van der Waals surface area contributed by atoms with Gasteiger partial charge in [0, 0.05) is 31.6 Å². The first-order chi connectivity index (χ1) is 23.6. The molecule has 252 valence electrons. The Bertz CT molecular complexity index is 1910. The number of rotatable bonds is 5. The summed E-state index contributed by atoms with van der Waals surface area (Å²) in [6.07, 6.45) is 3.98. The Morgan fingerprint density at radius 3 is 2.37 bits per heavy atom. The van der Waals surface area contributed by atoms with E-state index in [1.807, 2.05) is 30.3 Å². The number of carbonyl (C=O) groups is 4. The van der Waals surface area contributed by atoms with Crippen molar-refractivity contribution in [1.82, 2.24) is 9.80 Å². The lowest BCUT2D eigenvalue weighted by Gasteiger charge is -2.49. The fraction of sp³-hybridized carbons (Fsp3) is 0.385. The molecule has 4 fully saturated rings. The van der Waals surface area contributed by atoms with Gasteiger partial charge in [-0.15, -0.1) is 0 Å². The highest BCUT2D eigenvalue weighted by Gasteiger charge is 2.67. The Kier molecular flexibility index (Phi) is 7.76. The van der Waals surface area contributed by atoms with Crippen molar-refractivity contribution in [3.05, 3.63) is 106 Å². The van der Waals surface area contributed by atoms with Crippen molar-refractivity contribution >= 4 is 40.9 Å². The fourth-order valence-corrected chi connectivity index (χ4v) is 9.71. The molecule has 6 unspecified atom stereocenters. The quantitative estimate of drug-likeness (QED) is 0.259. The van der Waals surface area contributed by atoms with Gasteiger partial charge in [0.25, 0.3) is 0 Å². The molecule has 8 rings (SSSR count). The zero-order valence-electron chi connectivity index (χ0n) is 27.1. The molecule has 0 spiro atoms. The smallest absolute Gasteiger partial charge is 0.241 e. The van der Waals surface area contributed by atoms with E-state index in [0.717, 1.165) is 36.2 Å². The van der Waals surface area contributed by atoms with Crippen molar-refractivity contribution in [1.29, 1.82) is 0 Å². The molecule has 49 heavy (non-hydrogen) atoms. The number of aromatic hydroxyl groups is 1. The summed E-state index contributed by atoms with van der Waals surface area (Å²) in [6, 6.07) is 20.5. The van der Waals surface area contributed by atoms with Crippen LogP contribution in [-0.4, -0.2) is 57.7 Å². The van der Waals surface area contributed by atoms with E-state index >= 15 is 0 Å². The number of phenolic OH excluding ortho intramolecular Hbond substituents is 1. The molecular formula is C39H37ClFN3O5. The van der Waals surface area contributed by atoms with Crippen molar-refractivity contribution < 1.29 is 28.7 Å². The van der Waals surface area contributed by atoms with E-state index < -0.39 is 52.6 Å². The molecule has 5 aliphatic rings. The largest absolute Gasteiger partial charge is 0.508 e. The van der Waals surface area contributed by atoms with E-state index in [2.05, 4.69) is 17.0 Å². The third-order valence-corrected chi connectivity index (χ3v) is 12.1. The number of imide groups is 2. The van der Waals surface area contributed by atoms with Crippen LogP contribution in [0, 0.1) is 34.9 Å². The number of likely N-dealkylation sites (tertiary alicyclic amines) is 2. The zero-order valence-corrected chi connectivity index (χ0v) is 27.9. The van der Waals surface area contributed by atoms with Gasteiger partial charge in [-0.3, -0.25) is 29.0 Å². The van der Waals surface area contributed by atoms with E-state index in [1.165, 1.54) is 22.6 Å². The Balaban J connectivity index is 1.12. The number of halogens is 2. The second-order valence-corrected chi connectivity index (χ2v) is 14.8. The fourth-order valence-electron chi connectivity index (χ4n) is 9.53. The Morgan fingerprint density at radius 2 is 1.65 bits per heavy atom. The molecule has 3 aromatic carbocycles. The van der Waals surface area contributed by atoms with Crippen molar-refractivity contribution in [2.45, 2.75) is 51.1 Å². The van der Waals surface area contributed by atoms with Crippen molar-refractivity contribution in [2.24, 2.45) is 29.1 Å². The number of piperidine rings is 1. The number of hydrogen-bond donors (Lipinski definition) is 1. The normalized spacial score (nSPS) is 30.3. The van der Waals surface area contributed by atoms with E-state index in [4.69, 9.17) is 11.6 Å². The number of nitrogens with zero attached hydrogens (tertiary/aromatic N) is 3. The second kappa shape index (κ2) is 11.9. The molecule has 1 N–H and O–H groups in total. The molecule has 0 aromatic heterocycles. The molecule has 8 nitrogen and oxygen atoms in total. The SMILES string of the molecule is CC12C(=O)N(c3ccc(F)c(Cl)c3)C(=O)C1CC1C(=CCC3C(=O)N(C4CCN(Cc5ccccc5)CC4)C(=O)C31)C2c1cccc(O)c1. The first-order valence-electron chi connectivity index (χ1n) is 17.0. The summed E-state index contributed by atoms with van der Waals surface area (Å²) in [7, 11) is 0. The summed E-state index contributed by atoms with van der Waals surface area (Å²) >= 11 is 6.09. The lowest BCUT2D eigenvalue weighted by Crippen LogP contribution is -2.49. The number of fused-ring (bicyclic) bond motifs is 4. The molecule has 3 aromatic rings. The van der Waals surface area contributed by atoms with Gasteiger partial charge in [0.15, 0.2) is 0 Å². The van der Waals surface area contributed by atoms with Crippen LogP contribution in [0.1, 0.15) is 49.7 Å². The van der Waals surface area contributed by atoms with Crippen LogP contribution in [0.15, 0.2) is 84.4 Å². The lowest BCUT2D eigenvalue weighted by atomic mass is 9.51. The maximum atomic E-state index is 14.5. The van der Waals surface area contributed by atoms with E-state index in [9.17, 15) is 28.7 Å². The highest BCUT2D eigenvalue weighted by Crippen LogP contribution is 2.64. The van der Waals surface area contributed by atoms with Gasteiger partial charge in [0.1, 0.15) is 11.6 Å².